The molecule has 4 nitrogen and oxygen atoms in total. The van der Waals surface area contributed by atoms with Gasteiger partial charge in [-0.25, -0.2) is 9.97 Å². The van der Waals surface area contributed by atoms with E-state index >= 15 is 0 Å². The lowest BCUT2D eigenvalue weighted by atomic mass is 9.95. The number of nitrogens with one attached hydrogen (secondary N) is 1. The van der Waals surface area contributed by atoms with Gasteiger partial charge in [0, 0.05) is 16.6 Å². The number of benzene rings is 1. The second-order valence-corrected chi connectivity index (χ2v) is 8.94. The van der Waals surface area contributed by atoms with Gasteiger partial charge in [0.2, 0.25) is 5.91 Å². The Bertz CT molecular complexity index is 907. The van der Waals surface area contributed by atoms with E-state index in [1.165, 1.54) is 12.8 Å². The Kier molecular flexibility index (Phi) is 5.75. The maximum Gasteiger partial charge on any atom is 0.433 e. The van der Waals surface area contributed by atoms with Crippen molar-refractivity contribution in [3.63, 3.8) is 0 Å². The van der Waals surface area contributed by atoms with Gasteiger partial charge in [0.05, 0.1) is 11.4 Å². The van der Waals surface area contributed by atoms with Gasteiger partial charge < -0.3 is 5.32 Å². The van der Waals surface area contributed by atoms with Crippen molar-refractivity contribution in [2.45, 2.75) is 43.1 Å². The summed E-state index contributed by atoms with van der Waals surface area (Å²) in [5.41, 5.74) is -0.399. The third-order valence-corrected chi connectivity index (χ3v) is 6.65. The Hall–Kier alpha value is -1.80. The summed E-state index contributed by atoms with van der Waals surface area (Å²) in [6.07, 6.45) is -0.0623. The van der Waals surface area contributed by atoms with E-state index in [0.717, 1.165) is 30.7 Å². The van der Waals surface area contributed by atoms with Crippen LogP contribution in [0.3, 0.4) is 0 Å². The van der Waals surface area contributed by atoms with Crippen molar-refractivity contribution < 1.29 is 18.0 Å². The molecule has 2 aliphatic carbocycles. The number of aromatic nitrogens is 2. The molecule has 4 rings (SSSR count). The monoisotopic (exact) mass is 441 g/mol. The Morgan fingerprint density at radius 3 is 2.55 bits per heavy atom. The highest BCUT2D eigenvalue weighted by Gasteiger charge is 2.40. The van der Waals surface area contributed by atoms with E-state index in [4.69, 9.17) is 11.6 Å². The number of fused-ring (bicyclic) bond motifs is 2. The van der Waals surface area contributed by atoms with Crippen molar-refractivity contribution in [3.05, 3.63) is 41.0 Å². The van der Waals surface area contributed by atoms with Crippen molar-refractivity contribution in [3.8, 4) is 11.3 Å². The van der Waals surface area contributed by atoms with Crippen molar-refractivity contribution in [1.82, 2.24) is 15.3 Å². The molecular formula is C20H19ClF3N3OS. The number of thioether (sulfide) groups is 1. The molecule has 1 N–H and O–H groups in total. The Morgan fingerprint density at radius 1 is 1.17 bits per heavy atom. The van der Waals surface area contributed by atoms with Crippen molar-refractivity contribution in [1.29, 1.82) is 0 Å². The summed E-state index contributed by atoms with van der Waals surface area (Å²) < 4.78 is 39.9. The number of carbonyl (C=O) groups is 1. The Balaban J connectivity index is 1.47. The van der Waals surface area contributed by atoms with Crippen molar-refractivity contribution >= 4 is 29.3 Å². The molecule has 154 valence electrons. The lowest BCUT2D eigenvalue weighted by molar-refractivity contribution is -0.141. The SMILES string of the molecule is O=C(CSc1nc(-c2ccc(Cl)cc2)cc(C(F)(F)F)n1)NC1CC2CCC1C2. The molecule has 2 fully saturated rings. The first-order valence-corrected chi connectivity index (χ1v) is 10.8. The second-order valence-electron chi connectivity index (χ2n) is 7.56. The third-order valence-electron chi connectivity index (χ3n) is 5.55. The first kappa shape index (κ1) is 20.5. The summed E-state index contributed by atoms with van der Waals surface area (Å²) >= 11 is 6.76. The molecule has 3 unspecified atom stereocenters. The first-order valence-electron chi connectivity index (χ1n) is 9.42. The molecule has 0 aliphatic heterocycles. The standard InChI is InChI=1S/C20H19ClF3N3OS/c21-14-5-3-12(4-6-14)16-9-17(20(22,23)24)27-19(26-16)29-10-18(28)25-15-8-11-1-2-13(15)7-11/h3-6,9,11,13,15H,1-2,7-8,10H2,(H,25,28). The minimum Gasteiger partial charge on any atom is -0.352 e. The fourth-order valence-electron chi connectivity index (χ4n) is 4.20. The molecule has 0 saturated heterocycles. The van der Waals surface area contributed by atoms with Gasteiger partial charge in [0.1, 0.15) is 5.69 Å². The molecule has 3 atom stereocenters. The molecule has 2 aliphatic rings. The van der Waals surface area contributed by atoms with Crippen LogP contribution in [0.4, 0.5) is 13.2 Å². The van der Waals surface area contributed by atoms with Crippen molar-refractivity contribution in [2.75, 3.05) is 5.75 Å². The molecule has 29 heavy (non-hydrogen) atoms. The number of amides is 1. The van der Waals surface area contributed by atoms with Gasteiger partial charge in [-0.2, -0.15) is 13.2 Å². The van der Waals surface area contributed by atoms with Gasteiger partial charge in [0.15, 0.2) is 5.16 Å². The average molecular weight is 442 g/mol. The zero-order valence-corrected chi connectivity index (χ0v) is 16.9. The molecule has 1 aromatic heterocycles. The molecule has 0 spiro atoms. The van der Waals surface area contributed by atoms with Crippen LogP contribution >= 0.6 is 23.4 Å². The Morgan fingerprint density at radius 2 is 1.93 bits per heavy atom. The molecule has 0 radical (unpaired) electrons. The van der Waals surface area contributed by atoms with Crippen LogP contribution in [0.15, 0.2) is 35.5 Å². The number of carbonyl (C=O) groups excluding carboxylic acids is 1. The van der Waals surface area contributed by atoms with Crippen LogP contribution in [0.5, 0.6) is 0 Å². The molecule has 1 heterocycles. The predicted molar refractivity (Wildman–Crippen MR) is 106 cm³/mol. The summed E-state index contributed by atoms with van der Waals surface area (Å²) in [6.45, 7) is 0. The second kappa shape index (κ2) is 8.14. The normalized spacial score (nSPS) is 23.4. The van der Waals surface area contributed by atoms with E-state index < -0.39 is 11.9 Å². The minimum atomic E-state index is -4.61. The highest BCUT2D eigenvalue weighted by molar-refractivity contribution is 7.99. The van der Waals surface area contributed by atoms with Crippen LogP contribution in [0.25, 0.3) is 11.3 Å². The molecule has 1 aromatic carbocycles. The molecule has 9 heteroatoms. The summed E-state index contributed by atoms with van der Waals surface area (Å²) in [5.74, 6) is 1.03. The lowest BCUT2D eigenvalue weighted by Crippen LogP contribution is -2.39. The van der Waals surface area contributed by atoms with Gasteiger partial charge >= 0.3 is 6.18 Å². The van der Waals surface area contributed by atoms with Gasteiger partial charge in [-0.1, -0.05) is 41.9 Å². The quantitative estimate of drug-likeness (QED) is 0.511. The number of halogens is 4. The maximum absolute atomic E-state index is 13.3. The smallest absolute Gasteiger partial charge is 0.352 e. The molecule has 1 amide bonds. The topological polar surface area (TPSA) is 54.9 Å². The Labute approximate surface area is 175 Å². The minimum absolute atomic E-state index is 0.0186. The van der Waals surface area contributed by atoms with E-state index in [1.54, 1.807) is 24.3 Å². The fourth-order valence-corrected chi connectivity index (χ4v) is 5.00. The fraction of sp³-hybridized carbons (Fsp3) is 0.450. The van der Waals surface area contributed by atoms with Crippen LogP contribution in [-0.4, -0.2) is 27.7 Å². The number of alkyl halides is 3. The third kappa shape index (κ3) is 4.86. The molecule has 2 saturated carbocycles. The number of hydrogen-bond donors (Lipinski definition) is 1. The summed E-state index contributed by atoms with van der Waals surface area (Å²) in [6, 6.07) is 7.46. The van der Waals surface area contributed by atoms with Crippen LogP contribution in [0, 0.1) is 11.8 Å². The largest absolute Gasteiger partial charge is 0.433 e. The highest BCUT2D eigenvalue weighted by Crippen LogP contribution is 2.44. The molecule has 2 aromatic rings. The number of hydrogen-bond acceptors (Lipinski definition) is 4. The van der Waals surface area contributed by atoms with E-state index in [0.29, 0.717) is 22.4 Å². The zero-order valence-electron chi connectivity index (χ0n) is 15.4. The first-order chi connectivity index (χ1) is 13.8. The molecule has 2 bridgehead atoms. The molecular weight excluding hydrogens is 423 g/mol. The van der Waals surface area contributed by atoms with E-state index in [1.807, 2.05) is 0 Å². The van der Waals surface area contributed by atoms with Crippen LogP contribution in [-0.2, 0) is 11.0 Å². The summed E-state index contributed by atoms with van der Waals surface area (Å²) in [4.78, 5) is 20.1. The van der Waals surface area contributed by atoms with Crippen LogP contribution in [0.1, 0.15) is 31.4 Å². The van der Waals surface area contributed by atoms with Gasteiger partial charge in [0.25, 0.3) is 0 Å². The number of nitrogens with zero attached hydrogens (tertiary/aromatic N) is 2. The lowest BCUT2D eigenvalue weighted by Gasteiger charge is -2.22. The van der Waals surface area contributed by atoms with Gasteiger partial charge in [-0.05, 0) is 49.3 Å². The average Bonchev–Trinajstić information content (AvgIpc) is 3.29. The van der Waals surface area contributed by atoms with E-state index in [9.17, 15) is 18.0 Å². The summed E-state index contributed by atoms with van der Waals surface area (Å²) in [5, 5.41) is 3.43. The van der Waals surface area contributed by atoms with Crippen LogP contribution < -0.4 is 5.32 Å². The summed E-state index contributed by atoms with van der Waals surface area (Å²) in [7, 11) is 0. The number of rotatable bonds is 5. The highest BCUT2D eigenvalue weighted by atomic mass is 35.5. The van der Waals surface area contributed by atoms with Crippen LogP contribution in [0.2, 0.25) is 5.02 Å². The zero-order chi connectivity index (χ0) is 20.6. The maximum atomic E-state index is 13.3. The predicted octanol–water partition coefficient (Wildman–Crippen LogP) is 5.21. The van der Waals surface area contributed by atoms with E-state index in [-0.39, 0.29) is 28.6 Å². The van der Waals surface area contributed by atoms with Gasteiger partial charge in [-0.15, -0.1) is 0 Å². The van der Waals surface area contributed by atoms with Gasteiger partial charge in [-0.3, -0.25) is 4.79 Å². The van der Waals surface area contributed by atoms with E-state index in [2.05, 4.69) is 15.3 Å². The van der Waals surface area contributed by atoms with Crippen molar-refractivity contribution in [2.24, 2.45) is 11.8 Å².